The number of ether oxygens (including phenoxy) is 1. The van der Waals surface area contributed by atoms with Crippen molar-refractivity contribution < 1.29 is 9.53 Å². The lowest BCUT2D eigenvalue weighted by Crippen LogP contribution is -2.08. The molecule has 0 heterocycles. The Morgan fingerprint density at radius 2 is 2.22 bits per heavy atom. The maximum atomic E-state index is 10.3. The van der Waals surface area contributed by atoms with Crippen LogP contribution in [0.25, 0.3) is 0 Å². The molecule has 0 aliphatic carbocycles. The number of esters is 1. The summed E-state index contributed by atoms with van der Waals surface area (Å²) in [5.74, 6) is -0.236. The number of carbonyl (C=O) groups is 1. The highest BCUT2D eigenvalue weighted by Gasteiger charge is 1.97. The molecule has 2 heteroatoms. The quantitative estimate of drug-likeness (QED) is 0.416. The van der Waals surface area contributed by atoms with Gasteiger partial charge in [0.15, 0.2) is 0 Å². The molecular formula is C7H12O2. The highest BCUT2D eigenvalue weighted by molar-refractivity contribution is 5.66. The van der Waals surface area contributed by atoms with Crippen molar-refractivity contribution in [1.29, 1.82) is 0 Å². The number of hydrogen-bond acceptors (Lipinski definition) is 2. The van der Waals surface area contributed by atoms with E-state index < -0.39 is 0 Å². The second-order valence-electron chi connectivity index (χ2n) is 1.84. The van der Waals surface area contributed by atoms with E-state index in [0.717, 1.165) is 0 Å². The molecule has 0 amide bonds. The summed E-state index contributed by atoms with van der Waals surface area (Å²) >= 11 is 0. The Hall–Kier alpha value is -0.790. The molecule has 0 saturated heterocycles. The minimum Gasteiger partial charge on any atom is -0.459 e. The van der Waals surface area contributed by atoms with E-state index in [-0.39, 0.29) is 12.1 Å². The summed E-state index contributed by atoms with van der Waals surface area (Å²) < 4.78 is 4.76. The molecule has 52 valence electrons. The Bertz CT molecular complexity index is 116. The van der Waals surface area contributed by atoms with Crippen molar-refractivity contribution in [3.05, 3.63) is 12.2 Å². The van der Waals surface area contributed by atoms with E-state index in [2.05, 4.69) is 0 Å². The SMILES string of the molecule is C/C=C\C(C)OC(C)=O. The molecule has 0 saturated carbocycles. The van der Waals surface area contributed by atoms with E-state index in [1.165, 1.54) is 6.92 Å². The number of carbonyl (C=O) groups excluding carboxylic acids is 1. The van der Waals surface area contributed by atoms with Crippen LogP contribution in [0.4, 0.5) is 0 Å². The lowest BCUT2D eigenvalue weighted by molar-refractivity contribution is -0.143. The largest absolute Gasteiger partial charge is 0.459 e. The van der Waals surface area contributed by atoms with Crippen LogP contribution in [0.1, 0.15) is 20.8 Å². The van der Waals surface area contributed by atoms with E-state index in [1.807, 2.05) is 26.0 Å². The van der Waals surface area contributed by atoms with E-state index in [1.54, 1.807) is 0 Å². The van der Waals surface area contributed by atoms with E-state index in [9.17, 15) is 4.79 Å². The van der Waals surface area contributed by atoms with Gasteiger partial charge in [-0.25, -0.2) is 0 Å². The molecule has 9 heavy (non-hydrogen) atoms. The minimum absolute atomic E-state index is 0.0903. The van der Waals surface area contributed by atoms with Gasteiger partial charge in [-0.15, -0.1) is 0 Å². The highest BCUT2D eigenvalue weighted by atomic mass is 16.5. The summed E-state index contributed by atoms with van der Waals surface area (Å²) in [5.41, 5.74) is 0. The first-order valence-electron chi connectivity index (χ1n) is 2.97. The van der Waals surface area contributed by atoms with Crippen molar-refractivity contribution >= 4 is 5.97 Å². The van der Waals surface area contributed by atoms with Crippen LogP contribution in [0.5, 0.6) is 0 Å². The molecule has 1 unspecified atom stereocenters. The molecule has 0 fully saturated rings. The third-order valence-electron chi connectivity index (χ3n) is 0.815. The smallest absolute Gasteiger partial charge is 0.303 e. The van der Waals surface area contributed by atoms with Crippen molar-refractivity contribution in [3.63, 3.8) is 0 Å². The fourth-order valence-electron chi connectivity index (χ4n) is 0.572. The highest BCUT2D eigenvalue weighted by Crippen LogP contribution is 1.91. The third-order valence-corrected chi connectivity index (χ3v) is 0.815. The summed E-state index contributed by atoms with van der Waals surface area (Å²) in [6.07, 6.45) is 3.59. The van der Waals surface area contributed by atoms with Gasteiger partial charge in [0.05, 0.1) is 0 Å². The van der Waals surface area contributed by atoms with Gasteiger partial charge in [0.25, 0.3) is 0 Å². The van der Waals surface area contributed by atoms with Crippen molar-refractivity contribution in [1.82, 2.24) is 0 Å². The first-order valence-corrected chi connectivity index (χ1v) is 2.97. The van der Waals surface area contributed by atoms with Crippen molar-refractivity contribution in [2.75, 3.05) is 0 Å². The molecular weight excluding hydrogens is 116 g/mol. The predicted octanol–water partition coefficient (Wildman–Crippen LogP) is 1.51. The van der Waals surface area contributed by atoms with Gasteiger partial charge >= 0.3 is 5.97 Å². The topological polar surface area (TPSA) is 26.3 Å². The van der Waals surface area contributed by atoms with Gasteiger partial charge in [0.2, 0.25) is 0 Å². The molecule has 0 spiro atoms. The summed E-state index contributed by atoms with van der Waals surface area (Å²) in [6.45, 7) is 5.11. The maximum absolute atomic E-state index is 10.3. The van der Waals surface area contributed by atoms with Crippen molar-refractivity contribution in [3.8, 4) is 0 Å². The molecule has 2 nitrogen and oxygen atoms in total. The van der Waals surface area contributed by atoms with E-state index in [0.29, 0.717) is 0 Å². The zero-order chi connectivity index (χ0) is 7.28. The molecule has 0 aromatic heterocycles. The predicted molar refractivity (Wildman–Crippen MR) is 36.0 cm³/mol. The second-order valence-corrected chi connectivity index (χ2v) is 1.84. The van der Waals surface area contributed by atoms with Crippen LogP contribution in [0.2, 0.25) is 0 Å². The van der Waals surface area contributed by atoms with Gasteiger partial charge in [-0.05, 0) is 19.9 Å². The minimum atomic E-state index is -0.236. The third kappa shape index (κ3) is 5.07. The molecule has 1 atom stereocenters. The summed E-state index contributed by atoms with van der Waals surface area (Å²) in [4.78, 5) is 10.3. The Balaban J connectivity index is 3.50. The van der Waals surface area contributed by atoms with Crippen LogP contribution in [0.3, 0.4) is 0 Å². The van der Waals surface area contributed by atoms with Gasteiger partial charge < -0.3 is 4.74 Å². The van der Waals surface area contributed by atoms with Crippen LogP contribution in [-0.4, -0.2) is 12.1 Å². The van der Waals surface area contributed by atoms with Crippen LogP contribution < -0.4 is 0 Å². The standard InChI is InChI=1S/C7H12O2/c1-4-5-6(2)9-7(3)8/h4-6H,1-3H3/b5-4-. The van der Waals surface area contributed by atoms with Crippen molar-refractivity contribution in [2.24, 2.45) is 0 Å². The van der Waals surface area contributed by atoms with Crippen LogP contribution in [-0.2, 0) is 9.53 Å². The van der Waals surface area contributed by atoms with Crippen LogP contribution >= 0.6 is 0 Å². The monoisotopic (exact) mass is 128 g/mol. The van der Waals surface area contributed by atoms with Gasteiger partial charge in [0.1, 0.15) is 6.10 Å². The van der Waals surface area contributed by atoms with Crippen molar-refractivity contribution in [2.45, 2.75) is 26.9 Å². The van der Waals surface area contributed by atoms with Gasteiger partial charge in [-0.3, -0.25) is 4.79 Å². The zero-order valence-corrected chi connectivity index (χ0v) is 6.05. The second kappa shape index (κ2) is 4.13. The lowest BCUT2D eigenvalue weighted by Gasteiger charge is -2.04. The molecule has 0 N–H and O–H groups in total. The fraction of sp³-hybridized carbons (Fsp3) is 0.571. The number of allylic oxidation sites excluding steroid dienone is 1. The number of hydrogen-bond donors (Lipinski definition) is 0. The summed E-state index contributed by atoms with van der Waals surface area (Å²) in [6, 6.07) is 0. The van der Waals surface area contributed by atoms with Gasteiger partial charge in [-0.1, -0.05) is 6.08 Å². The Kier molecular flexibility index (Phi) is 3.76. The first-order chi connectivity index (χ1) is 4.16. The van der Waals surface area contributed by atoms with Gasteiger partial charge in [-0.2, -0.15) is 0 Å². The summed E-state index contributed by atoms with van der Waals surface area (Å²) in [7, 11) is 0. The zero-order valence-electron chi connectivity index (χ0n) is 6.05. The molecule has 0 aromatic carbocycles. The Morgan fingerprint density at radius 1 is 1.67 bits per heavy atom. The molecule has 0 aliphatic rings. The first kappa shape index (κ1) is 8.21. The Morgan fingerprint density at radius 3 is 2.56 bits per heavy atom. The molecule has 0 aliphatic heterocycles. The normalized spacial score (nSPS) is 13.7. The van der Waals surface area contributed by atoms with Crippen LogP contribution in [0.15, 0.2) is 12.2 Å². The van der Waals surface area contributed by atoms with Crippen LogP contribution in [0, 0.1) is 0 Å². The molecule has 0 aromatic rings. The summed E-state index contributed by atoms with van der Waals surface area (Å²) in [5, 5.41) is 0. The molecule has 0 bridgehead atoms. The average Bonchev–Trinajstić information content (AvgIpc) is 1.63. The number of rotatable bonds is 2. The molecule has 0 radical (unpaired) electrons. The lowest BCUT2D eigenvalue weighted by atomic mass is 10.4. The Labute approximate surface area is 55.5 Å². The van der Waals surface area contributed by atoms with E-state index >= 15 is 0 Å². The fourth-order valence-corrected chi connectivity index (χ4v) is 0.572. The van der Waals surface area contributed by atoms with Gasteiger partial charge in [0, 0.05) is 6.92 Å². The average molecular weight is 128 g/mol. The maximum Gasteiger partial charge on any atom is 0.303 e. The molecule has 0 rings (SSSR count). The van der Waals surface area contributed by atoms with E-state index in [4.69, 9.17) is 4.74 Å².